The van der Waals surface area contributed by atoms with Gasteiger partial charge in [-0.3, -0.25) is 4.79 Å². The molecule has 0 unspecified atom stereocenters. The second-order valence-corrected chi connectivity index (χ2v) is 4.28. The van der Waals surface area contributed by atoms with Crippen molar-refractivity contribution in [1.82, 2.24) is 5.32 Å². The van der Waals surface area contributed by atoms with Crippen LogP contribution in [0.25, 0.3) is 0 Å². The van der Waals surface area contributed by atoms with Crippen LogP contribution in [0.2, 0.25) is 0 Å². The van der Waals surface area contributed by atoms with Crippen LogP contribution in [0.3, 0.4) is 0 Å². The van der Waals surface area contributed by atoms with Gasteiger partial charge in [0.1, 0.15) is 0 Å². The molecule has 0 aliphatic rings. The smallest absolute Gasteiger partial charge is 0.220 e. The monoisotopic (exact) mass is 232 g/mol. The van der Waals surface area contributed by atoms with Crippen LogP contribution in [-0.4, -0.2) is 12.5 Å². The second kappa shape index (κ2) is 6.74. The standard InChI is InChI=1S/C14H20N2O/c1-11(2)9-10-16-14(17)8-7-12-5-3-4-6-13(12)15/h3-6,9H,7-8,10,15H2,1-2H3,(H,16,17). The molecule has 1 aromatic rings. The van der Waals surface area contributed by atoms with Crippen molar-refractivity contribution in [3.05, 3.63) is 41.5 Å². The van der Waals surface area contributed by atoms with Gasteiger partial charge < -0.3 is 11.1 Å². The highest BCUT2D eigenvalue weighted by Crippen LogP contribution is 2.12. The lowest BCUT2D eigenvalue weighted by Crippen LogP contribution is -2.23. The first kappa shape index (κ1) is 13.3. The minimum atomic E-state index is 0.0609. The normalized spacial score (nSPS) is 9.76. The molecule has 0 bridgehead atoms. The highest BCUT2D eigenvalue weighted by atomic mass is 16.1. The van der Waals surface area contributed by atoms with Crippen molar-refractivity contribution in [3.8, 4) is 0 Å². The van der Waals surface area contributed by atoms with Crippen LogP contribution < -0.4 is 11.1 Å². The Bertz CT molecular complexity index is 406. The molecule has 1 amide bonds. The van der Waals surface area contributed by atoms with E-state index in [1.807, 2.05) is 44.2 Å². The fourth-order valence-electron chi connectivity index (χ4n) is 1.47. The summed E-state index contributed by atoms with van der Waals surface area (Å²) in [6, 6.07) is 7.65. The maximum Gasteiger partial charge on any atom is 0.220 e. The Balaban J connectivity index is 2.34. The van der Waals surface area contributed by atoms with E-state index in [1.54, 1.807) is 0 Å². The Kier molecular flexibility index (Phi) is 5.27. The zero-order valence-electron chi connectivity index (χ0n) is 10.5. The maximum absolute atomic E-state index is 11.5. The van der Waals surface area contributed by atoms with Crippen molar-refractivity contribution in [2.45, 2.75) is 26.7 Å². The molecule has 0 radical (unpaired) electrons. The zero-order chi connectivity index (χ0) is 12.7. The molecule has 0 atom stereocenters. The van der Waals surface area contributed by atoms with Gasteiger partial charge in [-0.25, -0.2) is 0 Å². The van der Waals surface area contributed by atoms with E-state index in [1.165, 1.54) is 5.57 Å². The van der Waals surface area contributed by atoms with Crippen molar-refractivity contribution in [3.63, 3.8) is 0 Å². The first-order valence-electron chi connectivity index (χ1n) is 5.83. The molecule has 0 saturated carbocycles. The number of allylic oxidation sites excluding steroid dienone is 1. The molecule has 3 nitrogen and oxygen atoms in total. The molecule has 17 heavy (non-hydrogen) atoms. The largest absolute Gasteiger partial charge is 0.399 e. The third kappa shape index (κ3) is 5.20. The molecule has 0 aromatic heterocycles. The lowest BCUT2D eigenvalue weighted by atomic mass is 10.1. The fraction of sp³-hybridized carbons (Fsp3) is 0.357. The number of nitrogen functional groups attached to an aromatic ring is 1. The number of rotatable bonds is 5. The number of benzene rings is 1. The van der Waals surface area contributed by atoms with Crippen LogP contribution in [0.15, 0.2) is 35.9 Å². The molecule has 3 heteroatoms. The average molecular weight is 232 g/mol. The summed E-state index contributed by atoms with van der Waals surface area (Å²) in [4.78, 5) is 11.5. The van der Waals surface area contributed by atoms with Gasteiger partial charge in [0.2, 0.25) is 5.91 Å². The van der Waals surface area contributed by atoms with E-state index in [4.69, 9.17) is 5.73 Å². The van der Waals surface area contributed by atoms with E-state index in [0.29, 0.717) is 19.4 Å². The first-order valence-corrected chi connectivity index (χ1v) is 5.83. The van der Waals surface area contributed by atoms with Crippen LogP contribution in [0.5, 0.6) is 0 Å². The molecule has 0 fully saturated rings. The number of nitrogens with one attached hydrogen (secondary N) is 1. The molecule has 3 N–H and O–H groups in total. The summed E-state index contributed by atoms with van der Waals surface area (Å²) >= 11 is 0. The first-order chi connectivity index (χ1) is 8.09. The number of para-hydroxylation sites is 1. The number of hydrogen-bond acceptors (Lipinski definition) is 2. The number of carbonyl (C=O) groups is 1. The summed E-state index contributed by atoms with van der Waals surface area (Å²) in [5.41, 5.74) is 8.80. The van der Waals surface area contributed by atoms with Gasteiger partial charge in [0.05, 0.1) is 0 Å². The number of hydrogen-bond donors (Lipinski definition) is 2. The van der Waals surface area contributed by atoms with E-state index in [-0.39, 0.29) is 5.91 Å². The van der Waals surface area contributed by atoms with E-state index < -0.39 is 0 Å². The molecule has 92 valence electrons. The van der Waals surface area contributed by atoms with Gasteiger partial charge in [-0.1, -0.05) is 29.8 Å². The SMILES string of the molecule is CC(C)=CCNC(=O)CCc1ccccc1N. The Hall–Kier alpha value is -1.77. The van der Waals surface area contributed by atoms with Crippen LogP contribution in [0, 0.1) is 0 Å². The van der Waals surface area contributed by atoms with Gasteiger partial charge in [0, 0.05) is 18.7 Å². The average Bonchev–Trinajstić information content (AvgIpc) is 2.27. The van der Waals surface area contributed by atoms with Gasteiger partial charge in [-0.2, -0.15) is 0 Å². The number of carbonyl (C=O) groups excluding carboxylic acids is 1. The van der Waals surface area contributed by atoms with Crippen molar-refractivity contribution in [2.75, 3.05) is 12.3 Å². The molecule has 0 saturated heterocycles. The number of aryl methyl sites for hydroxylation is 1. The predicted molar refractivity (Wildman–Crippen MR) is 71.6 cm³/mol. The van der Waals surface area contributed by atoms with Gasteiger partial charge in [0.15, 0.2) is 0 Å². The quantitative estimate of drug-likeness (QED) is 0.604. The Morgan fingerprint density at radius 2 is 2.06 bits per heavy atom. The van der Waals surface area contributed by atoms with E-state index in [0.717, 1.165) is 11.3 Å². The summed E-state index contributed by atoms with van der Waals surface area (Å²) in [6.07, 6.45) is 3.16. The molecule has 1 rings (SSSR count). The van der Waals surface area contributed by atoms with Gasteiger partial charge in [-0.15, -0.1) is 0 Å². The Labute approximate surface area is 103 Å². The lowest BCUT2D eigenvalue weighted by Gasteiger charge is -2.05. The number of nitrogens with two attached hydrogens (primary N) is 1. The number of amides is 1. The molecule has 0 aliphatic carbocycles. The van der Waals surface area contributed by atoms with Crippen LogP contribution in [-0.2, 0) is 11.2 Å². The van der Waals surface area contributed by atoms with E-state index in [2.05, 4.69) is 5.32 Å². The summed E-state index contributed by atoms with van der Waals surface area (Å²) in [5.74, 6) is 0.0609. The summed E-state index contributed by atoms with van der Waals surface area (Å²) in [5, 5.41) is 2.85. The minimum Gasteiger partial charge on any atom is -0.399 e. The van der Waals surface area contributed by atoms with Crippen molar-refractivity contribution >= 4 is 11.6 Å². The van der Waals surface area contributed by atoms with Crippen molar-refractivity contribution in [1.29, 1.82) is 0 Å². The topological polar surface area (TPSA) is 55.1 Å². The highest BCUT2D eigenvalue weighted by Gasteiger charge is 2.02. The third-order valence-electron chi connectivity index (χ3n) is 2.49. The van der Waals surface area contributed by atoms with Gasteiger partial charge in [0.25, 0.3) is 0 Å². The zero-order valence-corrected chi connectivity index (χ0v) is 10.5. The second-order valence-electron chi connectivity index (χ2n) is 4.28. The molecule has 0 spiro atoms. The minimum absolute atomic E-state index is 0.0609. The Morgan fingerprint density at radius 1 is 1.35 bits per heavy atom. The molecule has 0 aliphatic heterocycles. The molecular formula is C14H20N2O. The lowest BCUT2D eigenvalue weighted by molar-refractivity contribution is -0.120. The number of anilines is 1. The van der Waals surface area contributed by atoms with Crippen molar-refractivity contribution < 1.29 is 4.79 Å². The van der Waals surface area contributed by atoms with Gasteiger partial charge in [-0.05, 0) is 31.9 Å². The van der Waals surface area contributed by atoms with Crippen LogP contribution in [0.1, 0.15) is 25.8 Å². The van der Waals surface area contributed by atoms with E-state index >= 15 is 0 Å². The highest BCUT2D eigenvalue weighted by molar-refractivity contribution is 5.76. The van der Waals surface area contributed by atoms with Crippen molar-refractivity contribution in [2.24, 2.45) is 0 Å². The van der Waals surface area contributed by atoms with Gasteiger partial charge >= 0.3 is 0 Å². The summed E-state index contributed by atoms with van der Waals surface area (Å²) < 4.78 is 0. The molecular weight excluding hydrogens is 212 g/mol. The predicted octanol–water partition coefficient (Wildman–Crippen LogP) is 2.28. The maximum atomic E-state index is 11.5. The Morgan fingerprint density at radius 3 is 2.71 bits per heavy atom. The fourth-order valence-corrected chi connectivity index (χ4v) is 1.47. The summed E-state index contributed by atoms with van der Waals surface area (Å²) in [6.45, 7) is 4.62. The third-order valence-corrected chi connectivity index (χ3v) is 2.49. The molecule has 0 heterocycles. The summed E-state index contributed by atoms with van der Waals surface area (Å²) in [7, 11) is 0. The van der Waals surface area contributed by atoms with Crippen LogP contribution in [0.4, 0.5) is 5.69 Å². The van der Waals surface area contributed by atoms with E-state index in [9.17, 15) is 4.79 Å². The molecule has 1 aromatic carbocycles. The van der Waals surface area contributed by atoms with Crippen LogP contribution >= 0.6 is 0 Å².